The molecule has 0 spiro atoms. The number of aromatic nitrogens is 1. The van der Waals surface area contributed by atoms with Gasteiger partial charge >= 0.3 is 0 Å². The molecule has 30 heavy (non-hydrogen) atoms. The van der Waals surface area contributed by atoms with Crippen molar-refractivity contribution in [3.63, 3.8) is 0 Å². The van der Waals surface area contributed by atoms with Crippen molar-refractivity contribution in [3.8, 4) is 23.0 Å². The third kappa shape index (κ3) is 3.63. The Labute approximate surface area is 172 Å². The van der Waals surface area contributed by atoms with E-state index in [1.807, 2.05) is 24.3 Å². The van der Waals surface area contributed by atoms with Crippen LogP contribution in [0.1, 0.15) is 21.9 Å². The Balaban J connectivity index is 1.16. The van der Waals surface area contributed by atoms with Gasteiger partial charge in [-0.05, 0) is 23.8 Å². The lowest BCUT2D eigenvalue weighted by Crippen LogP contribution is -2.36. The van der Waals surface area contributed by atoms with Crippen molar-refractivity contribution in [3.05, 3.63) is 65.9 Å². The monoisotopic (exact) mass is 408 g/mol. The van der Waals surface area contributed by atoms with Gasteiger partial charge in [0, 0.05) is 19.5 Å². The van der Waals surface area contributed by atoms with E-state index in [1.165, 1.54) is 6.26 Å². The van der Waals surface area contributed by atoms with Crippen LogP contribution in [0.5, 0.6) is 23.0 Å². The molecule has 2 aliphatic rings. The Morgan fingerprint density at radius 3 is 2.93 bits per heavy atom. The maximum absolute atomic E-state index is 12.7. The van der Waals surface area contributed by atoms with Crippen LogP contribution >= 0.6 is 0 Å². The third-order valence-electron chi connectivity index (χ3n) is 5.02. The first kappa shape index (κ1) is 18.4. The second-order valence-electron chi connectivity index (χ2n) is 7.17. The third-order valence-corrected chi connectivity index (χ3v) is 5.02. The molecule has 0 saturated carbocycles. The SMILES string of the molecule is CN(C[C@H]1Cc2ccccc2O1)C(=O)c1coc(COc2ccc3c(c2)OCO3)n1. The number of hydrogen-bond acceptors (Lipinski definition) is 7. The minimum absolute atomic E-state index is 0.0722. The first-order valence-electron chi connectivity index (χ1n) is 9.62. The molecule has 0 saturated heterocycles. The van der Waals surface area contributed by atoms with E-state index in [-0.39, 0.29) is 31.1 Å². The number of oxazole rings is 1. The van der Waals surface area contributed by atoms with Crippen LogP contribution in [0.25, 0.3) is 0 Å². The summed E-state index contributed by atoms with van der Waals surface area (Å²) in [5.41, 5.74) is 1.39. The predicted molar refractivity (Wildman–Crippen MR) is 105 cm³/mol. The van der Waals surface area contributed by atoms with Crippen LogP contribution < -0.4 is 18.9 Å². The lowest BCUT2D eigenvalue weighted by Gasteiger charge is -2.20. The van der Waals surface area contributed by atoms with Crippen molar-refractivity contribution in [2.24, 2.45) is 0 Å². The van der Waals surface area contributed by atoms with Crippen LogP contribution in [0.4, 0.5) is 0 Å². The van der Waals surface area contributed by atoms with Crippen molar-refractivity contribution in [2.45, 2.75) is 19.1 Å². The first-order valence-corrected chi connectivity index (χ1v) is 9.62. The number of nitrogens with zero attached hydrogens (tertiary/aromatic N) is 2. The number of rotatable bonds is 6. The molecule has 154 valence electrons. The van der Waals surface area contributed by atoms with Crippen molar-refractivity contribution >= 4 is 5.91 Å². The molecule has 1 aromatic heterocycles. The number of likely N-dealkylation sites (N-methyl/N-ethyl adjacent to an activating group) is 1. The van der Waals surface area contributed by atoms with Gasteiger partial charge in [0.05, 0.1) is 6.54 Å². The van der Waals surface area contributed by atoms with Crippen LogP contribution in [-0.4, -0.2) is 42.3 Å². The van der Waals surface area contributed by atoms with Gasteiger partial charge in [-0.3, -0.25) is 4.79 Å². The number of fused-ring (bicyclic) bond motifs is 2. The number of benzene rings is 2. The Morgan fingerprint density at radius 2 is 2.03 bits per heavy atom. The van der Waals surface area contributed by atoms with Gasteiger partial charge < -0.3 is 28.3 Å². The molecule has 2 aromatic carbocycles. The van der Waals surface area contributed by atoms with Gasteiger partial charge in [-0.25, -0.2) is 4.98 Å². The predicted octanol–water partition coefficient (Wildman–Crippen LogP) is 3.06. The highest BCUT2D eigenvalue weighted by Crippen LogP contribution is 2.35. The molecule has 0 unspecified atom stereocenters. The van der Waals surface area contributed by atoms with E-state index in [0.717, 1.165) is 17.7 Å². The normalized spacial score (nSPS) is 16.1. The summed E-state index contributed by atoms with van der Waals surface area (Å²) >= 11 is 0. The fourth-order valence-electron chi connectivity index (χ4n) is 3.53. The molecule has 1 amide bonds. The second-order valence-corrected chi connectivity index (χ2v) is 7.17. The highest BCUT2D eigenvalue weighted by atomic mass is 16.7. The van der Waals surface area contributed by atoms with Gasteiger partial charge in [-0.15, -0.1) is 0 Å². The molecular weight excluding hydrogens is 388 g/mol. The topological polar surface area (TPSA) is 83.3 Å². The molecule has 0 radical (unpaired) electrons. The average molecular weight is 408 g/mol. The van der Waals surface area contributed by atoms with Crippen LogP contribution in [0.2, 0.25) is 0 Å². The van der Waals surface area contributed by atoms with E-state index in [1.54, 1.807) is 30.1 Å². The molecule has 0 fully saturated rings. The lowest BCUT2D eigenvalue weighted by atomic mass is 10.1. The largest absolute Gasteiger partial charge is 0.488 e. The van der Waals surface area contributed by atoms with Gasteiger partial charge in [-0.2, -0.15) is 0 Å². The minimum atomic E-state index is -0.229. The smallest absolute Gasteiger partial charge is 0.275 e. The average Bonchev–Trinajstić information content (AvgIpc) is 3.49. The Hall–Kier alpha value is -3.68. The number of carbonyl (C=O) groups excluding carboxylic acids is 1. The number of hydrogen-bond donors (Lipinski definition) is 0. The Kier molecular flexibility index (Phi) is 4.66. The minimum Gasteiger partial charge on any atom is -0.488 e. The fraction of sp³-hybridized carbons (Fsp3) is 0.273. The summed E-state index contributed by atoms with van der Waals surface area (Å²) in [6, 6.07) is 13.2. The van der Waals surface area contributed by atoms with Gasteiger partial charge in [0.15, 0.2) is 23.8 Å². The molecule has 3 heterocycles. The van der Waals surface area contributed by atoms with E-state index >= 15 is 0 Å². The van der Waals surface area contributed by atoms with E-state index in [4.69, 9.17) is 23.4 Å². The molecule has 5 rings (SSSR count). The molecular formula is C22H20N2O6. The Morgan fingerprint density at radius 1 is 1.17 bits per heavy atom. The van der Waals surface area contributed by atoms with Crippen LogP contribution in [-0.2, 0) is 13.0 Å². The van der Waals surface area contributed by atoms with Crippen LogP contribution in [0.15, 0.2) is 53.1 Å². The highest BCUT2D eigenvalue weighted by molar-refractivity contribution is 5.91. The van der Waals surface area contributed by atoms with Gasteiger partial charge in [-0.1, -0.05) is 18.2 Å². The molecule has 2 aliphatic heterocycles. The zero-order valence-corrected chi connectivity index (χ0v) is 16.4. The van der Waals surface area contributed by atoms with Crippen molar-refractivity contribution in [1.29, 1.82) is 0 Å². The molecule has 8 nitrogen and oxygen atoms in total. The summed E-state index contributed by atoms with van der Waals surface area (Å²) in [6.45, 7) is 0.761. The second kappa shape index (κ2) is 7.62. The first-order chi connectivity index (χ1) is 14.7. The lowest BCUT2D eigenvalue weighted by molar-refractivity contribution is 0.0724. The van der Waals surface area contributed by atoms with E-state index in [9.17, 15) is 4.79 Å². The zero-order valence-electron chi connectivity index (χ0n) is 16.4. The van der Waals surface area contributed by atoms with Crippen LogP contribution in [0, 0.1) is 0 Å². The summed E-state index contributed by atoms with van der Waals surface area (Å²) in [5, 5.41) is 0. The summed E-state index contributed by atoms with van der Waals surface area (Å²) < 4.78 is 27.6. The summed E-state index contributed by atoms with van der Waals surface area (Å²) in [4.78, 5) is 18.5. The van der Waals surface area contributed by atoms with Crippen molar-refractivity contribution < 1.29 is 28.2 Å². The number of para-hydroxylation sites is 1. The number of amides is 1. The maximum atomic E-state index is 12.7. The maximum Gasteiger partial charge on any atom is 0.275 e. The van der Waals surface area contributed by atoms with Crippen LogP contribution in [0.3, 0.4) is 0 Å². The van der Waals surface area contributed by atoms with Gasteiger partial charge in [0.2, 0.25) is 12.7 Å². The van der Waals surface area contributed by atoms with Gasteiger partial charge in [0.25, 0.3) is 5.91 Å². The number of carbonyl (C=O) groups is 1. The van der Waals surface area contributed by atoms with Crippen molar-refractivity contribution in [1.82, 2.24) is 9.88 Å². The number of ether oxygens (including phenoxy) is 4. The molecule has 8 heteroatoms. The molecule has 3 aromatic rings. The standard InChI is InChI=1S/C22H20N2O6/c1-24(10-16-8-14-4-2-3-5-18(14)30-16)22(25)17-11-27-21(23-17)12-26-15-6-7-19-20(9-15)29-13-28-19/h2-7,9,11,16H,8,10,12-13H2,1H3/t16-/m1/s1. The summed E-state index contributed by atoms with van der Waals surface area (Å²) in [6.07, 6.45) is 2.06. The molecule has 1 atom stereocenters. The van der Waals surface area contributed by atoms with E-state index < -0.39 is 0 Å². The zero-order chi connectivity index (χ0) is 20.5. The fourth-order valence-corrected chi connectivity index (χ4v) is 3.53. The molecule has 0 aliphatic carbocycles. The quantitative estimate of drug-likeness (QED) is 0.620. The highest BCUT2D eigenvalue weighted by Gasteiger charge is 2.26. The van der Waals surface area contributed by atoms with Crippen molar-refractivity contribution in [2.75, 3.05) is 20.4 Å². The summed E-state index contributed by atoms with van der Waals surface area (Å²) in [5.74, 6) is 2.88. The molecule has 0 N–H and O–H groups in total. The van der Waals surface area contributed by atoms with Gasteiger partial charge in [0.1, 0.15) is 23.9 Å². The van der Waals surface area contributed by atoms with E-state index in [0.29, 0.717) is 29.7 Å². The van der Waals surface area contributed by atoms with E-state index in [2.05, 4.69) is 4.98 Å². The summed E-state index contributed by atoms with van der Waals surface area (Å²) in [7, 11) is 1.73. The molecule has 0 bridgehead atoms. The Bertz CT molecular complexity index is 1050.